The van der Waals surface area contributed by atoms with E-state index in [1.807, 2.05) is 0 Å². The van der Waals surface area contributed by atoms with Gasteiger partial charge < -0.3 is 32.3 Å². The quantitative estimate of drug-likeness (QED) is 0.237. The second-order valence-corrected chi connectivity index (χ2v) is 5.83. The minimum absolute atomic E-state index is 0.254. The highest BCUT2D eigenvalue weighted by Gasteiger charge is 2.30. The first-order valence-corrected chi connectivity index (χ1v) is 7.54. The Balaban J connectivity index is 5.08. The summed E-state index contributed by atoms with van der Waals surface area (Å²) in [7, 11) is 0. The van der Waals surface area contributed by atoms with Crippen molar-refractivity contribution in [3.8, 4) is 0 Å². The number of nitrogens with one attached hydrogen (secondary N) is 2. The van der Waals surface area contributed by atoms with Gasteiger partial charge in [-0.05, 0) is 12.3 Å². The minimum atomic E-state index is -1.51. The van der Waals surface area contributed by atoms with E-state index in [1.165, 1.54) is 0 Å². The molecule has 11 heteroatoms. The maximum atomic E-state index is 12.2. The van der Waals surface area contributed by atoms with Crippen molar-refractivity contribution in [2.45, 2.75) is 51.2 Å². The van der Waals surface area contributed by atoms with Gasteiger partial charge in [0, 0.05) is 6.42 Å². The largest absolute Gasteiger partial charge is 0.481 e. The topological polar surface area (TPSA) is 202 Å². The first kappa shape index (κ1) is 22.3. The Morgan fingerprint density at radius 2 is 1.48 bits per heavy atom. The number of nitrogens with two attached hydrogens (primary N) is 2. The summed E-state index contributed by atoms with van der Waals surface area (Å²) in [5.74, 6) is -5.55. The third kappa shape index (κ3) is 8.65. The van der Waals surface area contributed by atoms with Crippen molar-refractivity contribution < 1.29 is 34.2 Å². The highest BCUT2D eigenvalue weighted by Crippen LogP contribution is 2.03. The normalized spacial score (nSPS) is 14.2. The number of carboxylic acid groups (broad SMARTS) is 2. The number of hydrogen-bond donors (Lipinski definition) is 6. The van der Waals surface area contributed by atoms with Crippen LogP contribution in [-0.2, 0) is 24.0 Å². The predicted octanol–water partition coefficient (Wildman–Crippen LogP) is -2.24. The molecule has 0 aromatic carbocycles. The lowest BCUT2D eigenvalue weighted by atomic mass is 10.0. The Morgan fingerprint density at radius 1 is 0.960 bits per heavy atom. The van der Waals surface area contributed by atoms with Crippen LogP contribution in [0.3, 0.4) is 0 Å². The fourth-order valence-corrected chi connectivity index (χ4v) is 1.77. The molecule has 0 saturated heterocycles. The number of rotatable bonds is 11. The molecule has 0 radical (unpaired) electrons. The zero-order valence-corrected chi connectivity index (χ0v) is 14.0. The summed E-state index contributed by atoms with van der Waals surface area (Å²) in [5.41, 5.74) is 10.6. The van der Waals surface area contributed by atoms with Crippen LogP contribution in [0.15, 0.2) is 0 Å². The molecule has 3 atom stereocenters. The number of amides is 3. The van der Waals surface area contributed by atoms with Crippen molar-refractivity contribution in [3.05, 3.63) is 0 Å². The molecule has 11 nitrogen and oxygen atoms in total. The van der Waals surface area contributed by atoms with Gasteiger partial charge in [-0.25, -0.2) is 4.79 Å². The van der Waals surface area contributed by atoms with Gasteiger partial charge in [0.25, 0.3) is 0 Å². The van der Waals surface area contributed by atoms with Crippen LogP contribution >= 0.6 is 0 Å². The van der Waals surface area contributed by atoms with Gasteiger partial charge >= 0.3 is 11.9 Å². The van der Waals surface area contributed by atoms with Crippen LogP contribution in [0.5, 0.6) is 0 Å². The SMILES string of the molecule is CC(C)[C@H](N)C(=O)N[C@@H](CC(=O)O)C(=O)N[C@@H](CCC(N)=O)C(=O)O. The van der Waals surface area contributed by atoms with Crippen molar-refractivity contribution in [2.75, 3.05) is 0 Å². The summed E-state index contributed by atoms with van der Waals surface area (Å²) in [6.07, 6.45) is -1.31. The molecule has 0 aliphatic rings. The van der Waals surface area contributed by atoms with E-state index < -0.39 is 54.2 Å². The first-order valence-electron chi connectivity index (χ1n) is 7.54. The van der Waals surface area contributed by atoms with Crippen LogP contribution in [0.2, 0.25) is 0 Å². The number of carbonyl (C=O) groups excluding carboxylic acids is 3. The lowest BCUT2D eigenvalue weighted by Crippen LogP contribution is -2.55. The molecule has 0 heterocycles. The summed E-state index contributed by atoms with van der Waals surface area (Å²) in [6.45, 7) is 3.33. The van der Waals surface area contributed by atoms with Gasteiger partial charge in [-0.15, -0.1) is 0 Å². The molecular formula is C14H24N4O7. The van der Waals surface area contributed by atoms with Crippen molar-refractivity contribution in [1.82, 2.24) is 10.6 Å². The van der Waals surface area contributed by atoms with E-state index in [9.17, 15) is 24.0 Å². The zero-order chi connectivity index (χ0) is 19.7. The van der Waals surface area contributed by atoms with E-state index in [2.05, 4.69) is 10.6 Å². The molecule has 8 N–H and O–H groups in total. The fraction of sp³-hybridized carbons (Fsp3) is 0.643. The Kier molecular flexibility index (Phi) is 9.13. The van der Waals surface area contributed by atoms with Gasteiger partial charge in [0.1, 0.15) is 12.1 Å². The van der Waals surface area contributed by atoms with Crippen LogP contribution in [0.4, 0.5) is 0 Å². The van der Waals surface area contributed by atoms with Crippen LogP contribution in [0.1, 0.15) is 33.1 Å². The average Bonchev–Trinajstić information content (AvgIpc) is 2.48. The lowest BCUT2D eigenvalue weighted by molar-refractivity contribution is -0.143. The minimum Gasteiger partial charge on any atom is -0.481 e. The number of hydrogen-bond acceptors (Lipinski definition) is 6. The van der Waals surface area contributed by atoms with Crippen molar-refractivity contribution in [2.24, 2.45) is 17.4 Å². The molecule has 0 spiro atoms. The second kappa shape index (κ2) is 10.2. The van der Waals surface area contributed by atoms with Gasteiger partial charge in [0.2, 0.25) is 17.7 Å². The lowest BCUT2D eigenvalue weighted by Gasteiger charge is -2.22. The van der Waals surface area contributed by atoms with Crippen molar-refractivity contribution >= 4 is 29.7 Å². The molecule has 0 aromatic heterocycles. The zero-order valence-electron chi connectivity index (χ0n) is 14.0. The van der Waals surface area contributed by atoms with E-state index in [1.54, 1.807) is 13.8 Å². The van der Waals surface area contributed by atoms with Gasteiger partial charge in [-0.1, -0.05) is 13.8 Å². The van der Waals surface area contributed by atoms with E-state index in [4.69, 9.17) is 21.7 Å². The van der Waals surface area contributed by atoms with E-state index in [0.717, 1.165) is 0 Å². The molecule has 0 saturated carbocycles. The summed E-state index contributed by atoms with van der Waals surface area (Å²) >= 11 is 0. The van der Waals surface area contributed by atoms with Gasteiger partial charge in [0.15, 0.2) is 0 Å². The number of carbonyl (C=O) groups is 5. The highest BCUT2D eigenvalue weighted by molar-refractivity contribution is 5.94. The molecule has 0 unspecified atom stereocenters. The number of primary amides is 1. The summed E-state index contributed by atoms with van der Waals surface area (Å²) in [5, 5.41) is 22.2. The number of aliphatic carboxylic acids is 2. The Hall–Kier alpha value is -2.69. The monoisotopic (exact) mass is 360 g/mol. The maximum Gasteiger partial charge on any atom is 0.326 e. The molecule has 0 aromatic rings. The Morgan fingerprint density at radius 3 is 1.88 bits per heavy atom. The van der Waals surface area contributed by atoms with E-state index >= 15 is 0 Å². The van der Waals surface area contributed by atoms with E-state index in [0.29, 0.717) is 0 Å². The van der Waals surface area contributed by atoms with E-state index in [-0.39, 0.29) is 18.8 Å². The van der Waals surface area contributed by atoms with Gasteiger partial charge in [0.05, 0.1) is 12.5 Å². The summed E-state index contributed by atoms with van der Waals surface area (Å²) < 4.78 is 0. The molecule has 0 bridgehead atoms. The molecule has 0 aliphatic heterocycles. The standard InChI is InChI=1S/C14H24N4O7/c1-6(2)11(16)13(23)18-8(5-10(20)21)12(22)17-7(14(24)25)3-4-9(15)19/h6-8,11H,3-5,16H2,1-2H3,(H2,15,19)(H,17,22)(H,18,23)(H,20,21)(H,24,25)/t7-,8-,11-/m0/s1. The molecule has 25 heavy (non-hydrogen) atoms. The first-order chi connectivity index (χ1) is 11.5. The van der Waals surface area contributed by atoms with Crippen LogP contribution in [0, 0.1) is 5.92 Å². The molecule has 3 amide bonds. The van der Waals surface area contributed by atoms with Crippen LogP contribution in [0.25, 0.3) is 0 Å². The van der Waals surface area contributed by atoms with Gasteiger partial charge in [-0.2, -0.15) is 0 Å². The summed E-state index contributed by atoms with van der Waals surface area (Å²) in [6, 6.07) is -3.92. The maximum absolute atomic E-state index is 12.2. The van der Waals surface area contributed by atoms with Crippen LogP contribution < -0.4 is 22.1 Å². The molecule has 0 aliphatic carbocycles. The molecule has 142 valence electrons. The third-order valence-electron chi connectivity index (χ3n) is 3.33. The third-order valence-corrected chi connectivity index (χ3v) is 3.33. The molecular weight excluding hydrogens is 336 g/mol. The predicted molar refractivity (Wildman–Crippen MR) is 85.0 cm³/mol. The Labute approximate surface area is 144 Å². The van der Waals surface area contributed by atoms with Crippen LogP contribution in [-0.4, -0.2) is 58.0 Å². The smallest absolute Gasteiger partial charge is 0.326 e. The average molecular weight is 360 g/mol. The fourth-order valence-electron chi connectivity index (χ4n) is 1.77. The summed E-state index contributed by atoms with van der Waals surface area (Å²) in [4.78, 5) is 56.8. The second-order valence-electron chi connectivity index (χ2n) is 5.83. The van der Waals surface area contributed by atoms with Crippen molar-refractivity contribution in [1.29, 1.82) is 0 Å². The highest BCUT2D eigenvalue weighted by atomic mass is 16.4. The Bertz CT molecular complexity index is 535. The molecule has 0 rings (SSSR count). The van der Waals surface area contributed by atoms with Crippen molar-refractivity contribution in [3.63, 3.8) is 0 Å². The number of carboxylic acids is 2. The molecule has 0 fully saturated rings. The van der Waals surface area contributed by atoms with Gasteiger partial charge in [-0.3, -0.25) is 19.2 Å².